The molecule has 2 rings (SSSR count). The molecular weight excluding hydrogens is 260 g/mol. The lowest BCUT2D eigenvalue weighted by molar-refractivity contribution is 0.249. The molecule has 1 aliphatic rings. The second kappa shape index (κ2) is 4.56. The molecule has 0 bridgehead atoms. The van der Waals surface area contributed by atoms with E-state index in [2.05, 4.69) is 4.72 Å². The van der Waals surface area contributed by atoms with Crippen molar-refractivity contribution in [2.24, 2.45) is 5.41 Å². The zero-order valence-electron chi connectivity index (χ0n) is 9.35. The summed E-state index contributed by atoms with van der Waals surface area (Å²) in [4.78, 5) is 0. The summed E-state index contributed by atoms with van der Waals surface area (Å²) in [7, 11) is -3.44. The van der Waals surface area contributed by atoms with Crippen molar-refractivity contribution in [1.29, 1.82) is 0 Å². The first-order valence-electron chi connectivity index (χ1n) is 5.42. The van der Waals surface area contributed by atoms with Gasteiger partial charge in [0.2, 0.25) is 10.0 Å². The summed E-state index contributed by atoms with van der Waals surface area (Å²) in [5.74, 6) is 0. The van der Waals surface area contributed by atoms with Gasteiger partial charge < -0.3 is 10.8 Å². The fraction of sp³-hybridized carbons (Fsp3) is 0.600. The summed E-state index contributed by atoms with van der Waals surface area (Å²) in [6, 6.07) is 1.46. The number of thiophene rings is 1. The molecule has 1 heterocycles. The van der Waals surface area contributed by atoms with E-state index < -0.39 is 10.0 Å². The lowest BCUT2D eigenvalue weighted by atomic mass is 10.0. The summed E-state index contributed by atoms with van der Waals surface area (Å²) in [6.45, 7) is 0.501. The van der Waals surface area contributed by atoms with Crippen LogP contribution in [0.1, 0.15) is 19.3 Å². The predicted molar refractivity (Wildman–Crippen MR) is 67.3 cm³/mol. The number of aliphatic hydroxyl groups is 1. The van der Waals surface area contributed by atoms with Gasteiger partial charge in [-0.15, -0.1) is 11.3 Å². The van der Waals surface area contributed by atoms with Crippen LogP contribution in [-0.4, -0.2) is 26.7 Å². The van der Waals surface area contributed by atoms with Gasteiger partial charge in [0.05, 0.1) is 0 Å². The fourth-order valence-corrected chi connectivity index (χ4v) is 4.00. The first kappa shape index (κ1) is 12.8. The van der Waals surface area contributed by atoms with Gasteiger partial charge in [-0.3, -0.25) is 0 Å². The lowest BCUT2D eigenvalue weighted by Crippen LogP contribution is -2.30. The molecule has 4 N–H and O–H groups in total. The Morgan fingerprint density at radius 1 is 1.53 bits per heavy atom. The Morgan fingerprint density at radius 3 is 2.71 bits per heavy atom. The standard InChI is InChI=1S/C10H16N2O3S2/c11-8-5-9(16-6-8)17(14,15)12-7-10(1-2-10)3-4-13/h5-6,12-13H,1-4,7,11H2. The van der Waals surface area contributed by atoms with E-state index in [0.717, 1.165) is 24.2 Å². The van der Waals surface area contributed by atoms with Gasteiger partial charge in [0.25, 0.3) is 0 Å². The summed E-state index contributed by atoms with van der Waals surface area (Å²) in [5, 5.41) is 10.5. The van der Waals surface area contributed by atoms with Crippen LogP contribution >= 0.6 is 11.3 Å². The average Bonchev–Trinajstić information content (AvgIpc) is 2.89. The highest BCUT2D eigenvalue weighted by Crippen LogP contribution is 2.48. The van der Waals surface area contributed by atoms with Crippen LogP contribution in [0.3, 0.4) is 0 Å². The van der Waals surface area contributed by atoms with E-state index >= 15 is 0 Å². The van der Waals surface area contributed by atoms with Gasteiger partial charge in [-0.1, -0.05) is 0 Å². The zero-order valence-corrected chi connectivity index (χ0v) is 11.0. The Hall–Kier alpha value is -0.630. The second-order valence-corrected chi connectivity index (χ2v) is 7.40. The molecule has 7 heteroatoms. The minimum absolute atomic E-state index is 0.0232. The van der Waals surface area contributed by atoms with Crippen molar-refractivity contribution >= 4 is 27.0 Å². The molecule has 0 unspecified atom stereocenters. The van der Waals surface area contributed by atoms with Gasteiger partial charge in [-0.05, 0) is 30.7 Å². The third-order valence-corrected chi connectivity index (χ3v) is 5.96. The summed E-state index contributed by atoms with van der Waals surface area (Å²) in [5.41, 5.74) is 5.94. The van der Waals surface area contributed by atoms with Crippen molar-refractivity contribution in [2.75, 3.05) is 18.9 Å². The highest BCUT2D eigenvalue weighted by molar-refractivity contribution is 7.91. The monoisotopic (exact) mass is 276 g/mol. The highest BCUT2D eigenvalue weighted by Gasteiger charge is 2.42. The van der Waals surface area contributed by atoms with Gasteiger partial charge in [-0.25, -0.2) is 13.1 Å². The second-order valence-electron chi connectivity index (χ2n) is 4.50. The van der Waals surface area contributed by atoms with Crippen LogP contribution in [0.25, 0.3) is 0 Å². The van der Waals surface area contributed by atoms with Crippen LogP contribution in [-0.2, 0) is 10.0 Å². The number of sulfonamides is 1. The molecule has 5 nitrogen and oxygen atoms in total. The Kier molecular flexibility index (Phi) is 3.44. The van der Waals surface area contributed by atoms with Gasteiger partial charge in [-0.2, -0.15) is 0 Å². The number of hydrogen-bond donors (Lipinski definition) is 3. The van der Waals surface area contributed by atoms with Gasteiger partial charge >= 0.3 is 0 Å². The molecule has 0 atom stereocenters. The summed E-state index contributed by atoms with van der Waals surface area (Å²) in [6.07, 6.45) is 2.60. The van der Waals surface area contributed by atoms with E-state index in [1.54, 1.807) is 5.38 Å². The zero-order chi connectivity index (χ0) is 12.5. The van der Waals surface area contributed by atoms with Crippen LogP contribution < -0.4 is 10.5 Å². The van der Waals surface area contributed by atoms with Crippen molar-refractivity contribution in [1.82, 2.24) is 4.72 Å². The van der Waals surface area contributed by atoms with Crippen molar-refractivity contribution in [3.63, 3.8) is 0 Å². The van der Waals surface area contributed by atoms with E-state index in [1.165, 1.54) is 6.07 Å². The van der Waals surface area contributed by atoms with E-state index in [0.29, 0.717) is 18.7 Å². The quantitative estimate of drug-likeness (QED) is 0.715. The molecule has 0 amide bonds. The van der Waals surface area contributed by atoms with Crippen molar-refractivity contribution in [2.45, 2.75) is 23.5 Å². The first-order chi connectivity index (χ1) is 7.97. The first-order valence-corrected chi connectivity index (χ1v) is 7.78. The Bertz CT molecular complexity index is 491. The maximum absolute atomic E-state index is 11.9. The largest absolute Gasteiger partial charge is 0.398 e. The van der Waals surface area contributed by atoms with Gasteiger partial charge in [0, 0.05) is 24.2 Å². The van der Waals surface area contributed by atoms with Crippen molar-refractivity contribution in [3.05, 3.63) is 11.4 Å². The summed E-state index contributed by atoms with van der Waals surface area (Å²) < 4.78 is 26.6. The third kappa shape index (κ3) is 2.98. The Morgan fingerprint density at radius 2 is 2.24 bits per heavy atom. The van der Waals surface area contributed by atoms with E-state index in [1.807, 2.05) is 0 Å². The number of anilines is 1. The molecule has 0 aromatic carbocycles. The smallest absolute Gasteiger partial charge is 0.250 e. The fourth-order valence-electron chi connectivity index (χ4n) is 1.72. The van der Waals surface area contributed by atoms with Crippen LogP contribution in [0.2, 0.25) is 0 Å². The highest BCUT2D eigenvalue weighted by atomic mass is 32.2. The Labute approximate surface area is 105 Å². The summed E-state index contributed by atoms with van der Waals surface area (Å²) >= 11 is 1.12. The molecule has 1 saturated carbocycles. The number of hydrogen-bond acceptors (Lipinski definition) is 5. The number of rotatable bonds is 6. The normalized spacial score (nSPS) is 18.2. The van der Waals surface area contributed by atoms with E-state index in [-0.39, 0.29) is 16.2 Å². The van der Waals surface area contributed by atoms with Gasteiger partial charge in [0.15, 0.2) is 0 Å². The SMILES string of the molecule is Nc1csc(S(=O)(=O)NCC2(CCO)CC2)c1. The molecule has 1 aromatic heterocycles. The average molecular weight is 276 g/mol. The minimum atomic E-state index is -3.44. The van der Waals surface area contributed by atoms with Gasteiger partial charge in [0.1, 0.15) is 4.21 Å². The molecule has 1 aliphatic carbocycles. The molecule has 0 saturated heterocycles. The van der Waals surface area contributed by atoms with Crippen molar-refractivity contribution in [3.8, 4) is 0 Å². The Balaban J connectivity index is 1.99. The molecule has 1 fully saturated rings. The lowest BCUT2D eigenvalue weighted by Gasteiger charge is -2.13. The molecular formula is C10H16N2O3S2. The molecule has 1 aromatic rings. The van der Waals surface area contributed by atoms with Crippen LogP contribution in [0.15, 0.2) is 15.7 Å². The van der Waals surface area contributed by atoms with Crippen LogP contribution in [0.4, 0.5) is 5.69 Å². The number of aliphatic hydroxyl groups excluding tert-OH is 1. The van der Waals surface area contributed by atoms with Crippen LogP contribution in [0.5, 0.6) is 0 Å². The molecule has 0 aliphatic heterocycles. The van der Waals surface area contributed by atoms with E-state index in [9.17, 15) is 8.42 Å². The maximum Gasteiger partial charge on any atom is 0.250 e. The maximum atomic E-state index is 11.9. The third-order valence-electron chi connectivity index (χ3n) is 3.10. The molecule has 17 heavy (non-hydrogen) atoms. The number of nitrogens with one attached hydrogen (secondary N) is 1. The predicted octanol–water partition coefficient (Wildman–Crippen LogP) is 0.771. The minimum Gasteiger partial charge on any atom is -0.398 e. The molecule has 0 spiro atoms. The number of nitrogen functional groups attached to an aromatic ring is 1. The molecule has 0 radical (unpaired) electrons. The van der Waals surface area contributed by atoms with E-state index in [4.69, 9.17) is 10.8 Å². The molecule has 96 valence electrons. The van der Waals surface area contributed by atoms with Crippen LogP contribution in [0, 0.1) is 5.41 Å². The topological polar surface area (TPSA) is 92.4 Å². The number of nitrogens with two attached hydrogens (primary N) is 1. The van der Waals surface area contributed by atoms with Crippen molar-refractivity contribution < 1.29 is 13.5 Å².